The number of anilines is 1. The Morgan fingerprint density at radius 3 is 2.90 bits per heavy atom. The van der Waals surface area contributed by atoms with Gasteiger partial charge in [-0.3, -0.25) is 15.0 Å². The zero-order valence-electron chi connectivity index (χ0n) is 11.9. The first kappa shape index (κ1) is 14.7. The molecule has 110 valence electrons. The monoisotopic (exact) mass is 279 g/mol. The number of nitrogen functional groups attached to an aromatic ring is 1. The van der Waals surface area contributed by atoms with Crippen LogP contribution in [0.3, 0.4) is 0 Å². The van der Waals surface area contributed by atoms with E-state index in [0.717, 1.165) is 31.7 Å². The molecule has 1 saturated heterocycles. The van der Waals surface area contributed by atoms with E-state index in [2.05, 4.69) is 18.7 Å². The smallest absolute Gasteiger partial charge is 0.292 e. The van der Waals surface area contributed by atoms with Gasteiger partial charge in [0.15, 0.2) is 0 Å². The van der Waals surface area contributed by atoms with Crippen LogP contribution in [0.1, 0.15) is 25.8 Å². The van der Waals surface area contributed by atoms with Gasteiger partial charge in [0.1, 0.15) is 5.69 Å². The fourth-order valence-corrected chi connectivity index (χ4v) is 2.59. The standard InChI is InChI=1S/C14H21N3O3/c1-3-12-9-20-10(2)7-16(12)8-11-4-5-14(17(18)19)13(15)6-11/h4-6,10,12H,3,7-9,15H2,1-2H3. The van der Waals surface area contributed by atoms with Crippen molar-refractivity contribution in [3.63, 3.8) is 0 Å². The highest BCUT2D eigenvalue weighted by molar-refractivity contribution is 5.59. The van der Waals surface area contributed by atoms with E-state index >= 15 is 0 Å². The molecule has 0 aliphatic carbocycles. The number of benzene rings is 1. The van der Waals surface area contributed by atoms with Crippen LogP contribution in [-0.4, -0.2) is 35.1 Å². The zero-order valence-corrected chi connectivity index (χ0v) is 11.9. The first-order valence-corrected chi connectivity index (χ1v) is 6.89. The minimum absolute atomic E-state index is 0.0314. The van der Waals surface area contributed by atoms with Gasteiger partial charge in [0.2, 0.25) is 0 Å². The van der Waals surface area contributed by atoms with Crippen LogP contribution in [0.15, 0.2) is 18.2 Å². The molecule has 2 atom stereocenters. The summed E-state index contributed by atoms with van der Waals surface area (Å²) in [6, 6.07) is 5.35. The summed E-state index contributed by atoms with van der Waals surface area (Å²) < 4.78 is 5.67. The summed E-state index contributed by atoms with van der Waals surface area (Å²) in [4.78, 5) is 12.7. The van der Waals surface area contributed by atoms with Crippen LogP contribution in [0.2, 0.25) is 0 Å². The third-order valence-electron chi connectivity index (χ3n) is 3.73. The Labute approximate surface area is 118 Å². The molecule has 6 nitrogen and oxygen atoms in total. The number of nitrogens with zero attached hydrogens (tertiary/aromatic N) is 2. The van der Waals surface area contributed by atoms with Crippen molar-refractivity contribution in [2.75, 3.05) is 18.9 Å². The minimum Gasteiger partial charge on any atom is -0.393 e. The average molecular weight is 279 g/mol. The van der Waals surface area contributed by atoms with Gasteiger partial charge in [-0.2, -0.15) is 0 Å². The second-order valence-electron chi connectivity index (χ2n) is 5.29. The molecule has 0 saturated carbocycles. The summed E-state index contributed by atoms with van der Waals surface area (Å²) in [5.74, 6) is 0. The number of ether oxygens (including phenoxy) is 1. The van der Waals surface area contributed by atoms with Crippen LogP contribution in [0.5, 0.6) is 0 Å². The summed E-state index contributed by atoms with van der Waals surface area (Å²) in [7, 11) is 0. The molecule has 0 amide bonds. The molecule has 0 aromatic heterocycles. The summed E-state index contributed by atoms with van der Waals surface area (Å²) in [6.45, 7) is 6.55. The lowest BCUT2D eigenvalue weighted by molar-refractivity contribution is -0.383. The van der Waals surface area contributed by atoms with E-state index in [0.29, 0.717) is 6.04 Å². The van der Waals surface area contributed by atoms with Gasteiger partial charge in [-0.15, -0.1) is 0 Å². The van der Waals surface area contributed by atoms with E-state index in [1.165, 1.54) is 6.07 Å². The SMILES string of the molecule is CCC1COC(C)CN1Cc1ccc([N+](=O)[O-])c(N)c1. The lowest BCUT2D eigenvalue weighted by atomic mass is 10.1. The lowest BCUT2D eigenvalue weighted by Crippen LogP contribution is -2.47. The maximum atomic E-state index is 10.8. The lowest BCUT2D eigenvalue weighted by Gasteiger charge is -2.38. The fraction of sp³-hybridized carbons (Fsp3) is 0.571. The van der Waals surface area contributed by atoms with Crippen molar-refractivity contribution in [2.24, 2.45) is 0 Å². The molecule has 6 heteroatoms. The van der Waals surface area contributed by atoms with E-state index in [-0.39, 0.29) is 17.5 Å². The second-order valence-corrected chi connectivity index (χ2v) is 5.29. The Kier molecular flexibility index (Phi) is 4.57. The third-order valence-corrected chi connectivity index (χ3v) is 3.73. The van der Waals surface area contributed by atoms with Crippen LogP contribution >= 0.6 is 0 Å². The van der Waals surface area contributed by atoms with Crippen LogP contribution < -0.4 is 5.73 Å². The summed E-state index contributed by atoms with van der Waals surface area (Å²) in [6.07, 6.45) is 1.24. The number of hydrogen-bond donors (Lipinski definition) is 1. The molecule has 1 aromatic carbocycles. The number of nitrogens with two attached hydrogens (primary N) is 1. The van der Waals surface area contributed by atoms with Crippen molar-refractivity contribution in [3.8, 4) is 0 Å². The molecular formula is C14H21N3O3. The molecular weight excluding hydrogens is 258 g/mol. The van der Waals surface area contributed by atoms with Crippen LogP contribution in [0.25, 0.3) is 0 Å². The van der Waals surface area contributed by atoms with Crippen molar-refractivity contribution in [3.05, 3.63) is 33.9 Å². The zero-order chi connectivity index (χ0) is 14.7. The molecule has 1 aliphatic rings. The second kappa shape index (κ2) is 6.19. The van der Waals surface area contributed by atoms with Gasteiger partial charge in [-0.1, -0.05) is 13.0 Å². The van der Waals surface area contributed by atoms with Crippen molar-refractivity contribution in [1.29, 1.82) is 0 Å². The van der Waals surface area contributed by atoms with Crippen molar-refractivity contribution >= 4 is 11.4 Å². The summed E-state index contributed by atoms with van der Waals surface area (Å²) in [5, 5.41) is 10.8. The van der Waals surface area contributed by atoms with Crippen molar-refractivity contribution in [2.45, 2.75) is 39.0 Å². The molecule has 2 N–H and O–H groups in total. The minimum atomic E-state index is -0.454. The number of rotatable bonds is 4. The highest BCUT2D eigenvalue weighted by Gasteiger charge is 2.25. The van der Waals surface area contributed by atoms with Gasteiger partial charge in [-0.25, -0.2) is 0 Å². The van der Waals surface area contributed by atoms with Crippen molar-refractivity contribution in [1.82, 2.24) is 4.90 Å². The maximum absolute atomic E-state index is 10.8. The summed E-state index contributed by atoms with van der Waals surface area (Å²) >= 11 is 0. The third kappa shape index (κ3) is 3.26. The number of nitro benzene ring substituents is 1. The van der Waals surface area contributed by atoms with Gasteiger partial charge in [0.25, 0.3) is 5.69 Å². The van der Waals surface area contributed by atoms with E-state index in [4.69, 9.17) is 10.5 Å². The van der Waals surface area contributed by atoms with E-state index in [1.807, 2.05) is 0 Å². The van der Waals surface area contributed by atoms with Gasteiger partial charge in [0.05, 0.1) is 17.6 Å². The first-order chi connectivity index (χ1) is 9.51. The quantitative estimate of drug-likeness (QED) is 0.519. The van der Waals surface area contributed by atoms with E-state index in [1.54, 1.807) is 12.1 Å². The van der Waals surface area contributed by atoms with Gasteiger partial charge in [0, 0.05) is 25.2 Å². The molecule has 2 rings (SSSR count). The van der Waals surface area contributed by atoms with E-state index < -0.39 is 4.92 Å². The molecule has 1 aliphatic heterocycles. The Balaban J connectivity index is 2.12. The van der Waals surface area contributed by atoms with E-state index in [9.17, 15) is 10.1 Å². The normalized spacial score (nSPS) is 23.7. The highest BCUT2D eigenvalue weighted by atomic mass is 16.6. The Morgan fingerprint density at radius 2 is 2.30 bits per heavy atom. The fourth-order valence-electron chi connectivity index (χ4n) is 2.59. The molecule has 1 heterocycles. The topological polar surface area (TPSA) is 81.6 Å². The van der Waals surface area contributed by atoms with Crippen LogP contribution in [0.4, 0.5) is 11.4 Å². The summed E-state index contributed by atoms with van der Waals surface area (Å²) in [5.41, 5.74) is 6.93. The molecule has 20 heavy (non-hydrogen) atoms. The molecule has 0 spiro atoms. The highest BCUT2D eigenvalue weighted by Crippen LogP contribution is 2.24. The molecule has 0 bridgehead atoms. The van der Waals surface area contributed by atoms with Crippen molar-refractivity contribution < 1.29 is 9.66 Å². The first-order valence-electron chi connectivity index (χ1n) is 6.89. The molecule has 1 aromatic rings. The average Bonchev–Trinajstić information content (AvgIpc) is 2.38. The number of morpholine rings is 1. The van der Waals surface area contributed by atoms with Crippen LogP contribution in [0, 0.1) is 10.1 Å². The number of nitro groups is 1. The largest absolute Gasteiger partial charge is 0.393 e. The predicted molar refractivity (Wildman–Crippen MR) is 77.4 cm³/mol. The molecule has 0 radical (unpaired) electrons. The van der Waals surface area contributed by atoms with Gasteiger partial charge >= 0.3 is 0 Å². The molecule has 1 fully saturated rings. The van der Waals surface area contributed by atoms with Gasteiger partial charge in [-0.05, 0) is 25.0 Å². The Bertz CT molecular complexity index is 493. The predicted octanol–water partition coefficient (Wildman–Crippen LogP) is 2.18. The molecule has 2 unspecified atom stereocenters. The Morgan fingerprint density at radius 1 is 1.55 bits per heavy atom. The van der Waals surface area contributed by atoms with Gasteiger partial charge < -0.3 is 10.5 Å². The number of hydrogen-bond acceptors (Lipinski definition) is 5. The maximum Gasteiger partial charge on any atom is 0.292 e. The van der Waals surface area contributed by atoms with Crippen LogP contribution in [-0.2, 0) is 11.3 Å². The Hall–Kier alpha value is -1.66.